The zero-order chi connectivity index (χ0) is 16.3. The average Bonchev–Trinajstić information content (AvgIpc) is 2.99. The first-order chi connectivity index (χ1) is 10.3. The Bertz CT molecular complexity index is 623. The van der Waals surface area contributed by atoms with Gasteiger partial charge in [0.1, 0.15) is 0 Å². The van der Waals surface area contributed by atoms with Crippen LogP contribution < -0.4 is 4.90 Å². The molecule has 2 aromatic rings. The molecule has 0 saturated carbocycles. The van der Waals surface area contributed by atoms with Crippen molar-refractivity contribution in [3.05, 3.63) is 47.0 Å². The third kappa shape index (κ3) is 3.85. The molecule has 1 aromatic heterocycles. The number of amides is 1. The number of benzene rings is 1. The highest BCUT2D eigenvalue weighted by atomic mass is 32.1. The Balaban J connectivity index is 2.02. The second-order valence-electron chi connectivity index (χ2n) is 5.01. The van der Waals surface area contributed by atoms with Gasteiger partial charge in [0.2, 0.25) is 5.91 Å². The highest BCUT2D eigenvalue weighted by molar-refractivity contribution is 7.13. The van der Waals surface area contributed by atoms with Gasteiger partial charge in [-0.15, -0.1) is 11.3 Å². The maximum Gasteiger partial charge on any atom is 0.416 e. The van der Waals surface area contributed by atoms with E-state index in [0.29, 0.717) is 17.1 Å². The van der Waals surface area contributed by atoms with Crippen molar-refractivity contribution in [2.45, 2.75) is 19.5 Å². The SMILES string of the molecule is C[C@H](Cc1ccc(C(F)(F)F)cc1)C(=O)N(C)c1nccs1. The molecule has 0 bridgehead atoms. The molecule has 1 heterocycles. The number of alkyl halides is 3. The summed E-state index contributed by atoms with van der Waals surface area (Å²) in [6, 6.07) is 4.90. The van der Waals surface area contributed by atoms with Crippen LogP contribution in [0.5, 0.6) is 0 Å². The number of carbonyl (C=O) groups excluding carboxylic acids is 1. The third-order valence-corrected chi connectivity index (χ3v) is 4.13. The fourth-order valence-electron chi connectivity index (χ4n) is 2.08. The molecule has 0 spiro atoms. The van der Waals surface area contributed by atoms with E-state index in [1.807, 2.05) is 0 Å². The number of aromatic nitrogens is 1. The highest BCUT2D eigenvalue weighted by Crippen LogP contribution is 2.29. The van der Waals surface area contributed by atoms with Crippen LogP contribution in [0.1, 0.15) is 18.1 Å². The van der Waals surface area contributed by atoms with Gasteiger partial charge < -0.3 is 0 Å². The number of halogens is 3. The van der Waals surface area contributed by atoms with E-state index in [9.17, 15) is 18.0 Å². The molecule has 1 atom stereocenters. The number of hydrogen-bond donors (Lipinski definition) is 0. The van der Waals surface area contributed by atoms with Gasteiger partial charge in [0.05, 0.1) is 5.56 Å². The van der Waals surface area contributed by atoms with Crippen LogP contribution in [0.4, 0.5) is 18.3 Å². The van der Waals surface area contributed by atoms with Crippen molar-refractivity contribution in [3.8, 4) is 0 Å². The van der Waals surface area contributed by atoms with Gasteiger partial charge in [-0.05, 0) is 24.1 Å². The topological polar surface area (TPSA) is 33.2 Å². The average molecular weight is 328 g/mol. The summed E-state index contributed by atoms with van der Waals surface area (Å²) in [5.41, 5.74) is 0.0107. The standard InChI is InChI=1S/C15H15F3N2OS/c1-10(13(21)20(2)14-19-7-8-22-14)9-11-3-5-12(6-4-11)15(16,17)18/h3-8,10H,9H2,1-2H3/t10-/m1/s1. The molecule has 1 amide bonds. The van der Waals surface area contributed by atoms with Gasteiger partial charge in [-0.3, -0.25) is 9.69 Å². The Morgan fingerprint density at radius 3 is 2.45 bits per heavy atom. The van der Waals surface area contributed by atoms with Crippen LogP contribution >= 0.6 is 11.3 Å². The second-order valence-corrected chi connectivity index (χ2v) is 5.88. The Morgan fingerprint density at radius 2 is 1.95 bits per heavy atom. The molecule has 3 nitrogen and oxygen atoms in total. The van der Waals surface area contributed by atoms with E-state index < -0.39 is 11.7 Å². The first-order valence-electron chi connectivity index (χ1n) is 6.62. The molecule has 0 N–H and O–H groups in total. The Labute approximate surface area is 130 Å². The lowest BCUT2D eigenvalue weighted by Gasteiger charge is -2.19. The second kappa shape index (κ2) is 6.48. The van der Waals surface area contributed by atoms with E-state index in [0.717, 1.165) is 12.1 Å². The molecule has 118 valence electrons. The summed E-state index contributed by atoms with van der Waals surface area (Å²) < 4.78 is 37.5. The molecular weight excluding hydrogens is 313 g/mol. The fourth-order valence-corrected chi connectivity index (χ4v) is 2.69. The molecule has 7 heteroatoms. The molecule has 0 unspecified atom stereocenters. The Hall–Kier alpha value is -1.89. The highest BCUT2D eigenvalue weighted by Gasteiger charge is 2.30. The predicted octanol–water partition coefficient (Wildman–Crippen LogP) is 4.00. The summed E-state index contributed by atoms with van der Waals surface area (Å²) >= 11 is 1.36. The lowest BCUT2D eigenvalue weighted by atomic mass is 9.99. The summed E-state index contributed by atoms with van der Waals surface area (Å²) in [7, 11) is 1.64. The van der Waals surface area contributed by atoms with Crippen molar-refractivity contribution < 1.29 is 18.0 Å². The summed E-state index contributed by atoms with van der Waals surface area (Å²) in [6.45, 7) is 1.75. The number of thiazole rings is 1. The van der Waals surface area contributed by atoms with Gasteiger partial charge in [-0.1, -0.05) is 19.1 Å². The molecule has 0 aliphatic rings. The van der Waals surface area contributed by atoms with Crippen LogP contribution in [0.15, 0.2) is 35.8 Å². The van der Waals surface area contributed by atoms with Crippen molar-refractivity contribution in [1.29, 1.82) is 0 Å². The summed E-state index contributed by atoms with van der Waals surface area (Å²) in [5, 5.41) is 2.38. The third-order valence-electron chi connectivity index (χ3n) is 3.28. The smallest absolute Gasteiger partial charge is 0.291 e. The van der Waals surface area contributed by atoms with Crippen molar-refractivity contribution >= 4 is 22.4 Å². The Morgan fingerprint density at radius 1 is 1.32 bits per heavy atom. The zero-order valence-corrected chi connectivity index (χ0v) is 12.9. The summed E-state index contributed by atoms with van der Waals surface area (Å²) in [4.78, 5) is 17.8. The first-order valence-corrected chi connectivity index (χ1v) is 7.50. The van der Waals surface area contributed by atoms with Gasteiger partial charge in [-0.25, -0.2) is 4.98 Å². The minimum Gasteiger partial charge on any atom is -0.291 e. The molecule has 0 saturated heterocycles. The molecule has 0 radical (unpaired) electrons. The van der Waals surface area contributed by atoms with Crippen molar-refractivity contribution in [2.24, 2.45) is 5.92 Å². The van der Waals surface area contributed by atoms with E-state index in [2.05, 4.69) is 4.98 Å². The Kier molecular flexibility index (Phi) is 4.85. The van der Waals surface area contributed by atoms with Crippen LogP contribution in [-0.2, 0) is 17.4 Å². The number of carbonyl (C=O) groups is 1. The normalized spacial score (nSPS) is 13.0. The van der Waals surface area contributed by atoms with Crippen LogP contribution in [0.2, 0.25) is 0 Å². The zero-order valence-electron chi connectivity index (χ0n) is 12.1. The van der Waals surface area contributed by atoms with Gasteiger partial charge in [-0.2, -0.15) is 13.2 Å². The lowest BCUT2D eigenvalue weighted by molar-refractivity contribution is -0.137. The maximum absolute atomic E-state index is 12.5. The molecule has 22 heavy (non-hydrogen) atoms. The molecule has 0 aliphatic carbocycles. The predicted molar refractivity (Wildman–Crippen MR) is 79.8 cm³/mol. The minimum atomic E-state index is -4.34. The maximum atomic E-state index is 12.5. The van der Waals surface area contributed by atoms with E-state index >= 15 is 0 Å². The van der Waals surface area contributed by atoms with Crippen LogP contribution in [0.3, 0.4) is 0 Å². The lowest BCUT2D eigenvalue weighted by Crippen LogP contribution is -2.32. The van der Waals surface area contributed by atoms with Crippen LogP contribution in [0, 0.1) is 5.92 Å². The van der Waals surface area contributed by atoms with Crippen molar-refractivity contribution in [2.75, 3.05) is 11.9 Å². The van der Waals surface area contributed by atoms with Crippen molar-refractivity contribution in [3.63, 3.8) is 0 Å². The molecule has 0 aliphatic heterocycles. The van der Waals surface area contributed by atoms with E-state index in [1.165, 1.54) is 28.4 Å². The minimum absolute atomic E-state index is 0.116. The summed E-state index contributed by atoms with van der Waals surface area (Å²) in [6.07, 6.45) is -2.35. The largest absolute Gasteiger partial charge is 0.416 e. The quantitative estimate of drug-likeness (QED) is 0.850. The number of anilines is 1. The van der Waals surface area contributed by atoms with Crippen LogP contribution in [-0.4, -0.2) is 17.9 Å². The number of hydrogen-bond acceptors (Lipinski definition) is 3. The monoisotopic (exact) mass is 328 g/mol. The first kappa shape index (κ1) is 16.5. The van der Waals surface area contributed by atoms with E-state index in [-0.39, 0.29) is 11.8 Å². The molecule has 0 fully saturated rings. The van der Waals surface area contributed by atoms with Gasteiger partial charge >= 0.3 is 6.18 Å². The molecular formula is C15H15F3N2OS. The van der Waals surface area contributed by atoms with Crippen LogP contribution in [0.25, 0.3) is 0 Å². The fraction of sp³-hybridized carbons (Fsp3) is 0.333. The number of rotatable bonds is 4. The van der Waals surface area contributed by atoms with E-state index in [1.54, 1.807) is 25.5 Å². The number of nitrogens with zero attached hydrogens (tertiary/aromatic N) is 2. The van der Waals surface area contributed by atoms with Gasteiger partial charge in [0.15, 0.2) is 5.13 Å². The summed E-state index contributed by atoms with van der Waals surface area (Å²) in [5.74, 6) is -0.458. The molecule has 2 rings (SSSR count). The van der Waals surface area contributed by atoms with Crippen molar-refractivity contribution in [1.82, 2.24) is 4.98 Å². The van der Waals surface area contributed by atoms with Gasteiger partial charge in [0, 0.05) is 24.5 Å². The molecule has 1 aromatic carbocycles. The van der Waals surface area contributed by atoms with Gasteiger partial charge in [0.25, 0.3) is 0 Å². The van der Waals surface area contributed by atoms with E-state index in [4.69, 9.17) is 0 Å².